The van der Waals surface area contributed by atoms with Gasteiger partial charge in [-0.2, -0.15) is 0 Å². The summed E-state index contributed by atoms with van der Waals surface area (Å²) in [6.07, 6.45) is 9.94. The van der Waals surface area contributed by atoms with E-state index in [4.69, 9.17) is 0 Å². The molecular weight excluding hydrogens is 198 g/mol. The largest absolute Gasteiger partial charge is 0.300 e. The summed E-state index contributed by atoms with van der Waals surface area (Å²) in [6.45, 7) is 3.51. The zero-order chi connectivity index (χ0) is 11.5. The molecule has 0 saturated carbocycles. The number of fused-ring (bicyclic) bond motifs is 2. The van der Waals surface area contributed by atoms with Crippen LogP contribution in [-0.2, 0) is 4.79 Å². The van der Waals surface area contributed by atoms with E-state index in [9.17, 15) is 4.79 Å². The van der Waals surface area contributed by atoms with E-state index >= 15 is 0 Å². The Bertz CT molecular complexity index is 260. The second kappa shape index (κ2) is 5.13. The SMILES string of the molecule is C=CC(=O)CCCC1CC2CCC(C1)N2C. The van der Waals surface area contributed by atoms with Crippen LogP contribution in [-0.4, -0.2) is 29.8 Å². The van der Waals surface area contributed by atoms with Crippen LogP contribution < -0.4 is 0 Å². The molecule has 2 aliphatic rings. The predicted molar refractivity (Wildman–Crippen MR) is 66.4 cm³/mol. The molecule has 0 radical (unpaired) electrons. The van der Waals surface area contributed by atoms with Gasteiger partial charge in [0.2, 0.25) is 0 Å². The molecular formula is C14H23NO. The molecule has 2 heteroatoms. The van der Waals surface area contributed by atoms with Crippen molar-refractivity contribution in [1.82, 2.24) is 4.90 Å². The van der Waals surface area contributed by atoms with Crippen LogP contribution >= 0.6 is 0 Å². The van der Waals surface area contributed by atoms with Crippen molar-refractivity contribution in [3.8, 4) is 0 Å². The number of rotatable bonds is 5. The van der Waals surface area contributed by atoms with Crippen LogP contribution in [0.3, 0.4) is 0 Å². The van der Waals surface area contributed by atoms with Crippen LogP contribution in [0.2, 0.25) is 0 Å². The zero-order valence-electron chi connectivity index (χ0n) is 10.3. The number of piperidine rings is 1. The maximum absolute atomic E-state index is 11.1. The van der Waals surface area contributed by atoms with Crippen LogP contribution in [0.5, 0.6) is 0 Å². The lowest BCUT2D eigenvalue weighted by Crippen LogP contribution is -2.39. The molecule has 0 aromatic heterocycles. The molecule has 2 saturated heterocycles. The first-order valence-corrected chi connectivity index (χ1v) is 6.58. The number of hydrogen-bond acceptors (Lipinski definition) is 2. The third-order valence-corrected chi connectivity index (χ3v) is 4.46. The summed E-state index contributed by atoms with van der Waals surface area (Å²) in [5, 5.41) is 0. The quantitative estimate of drug-likeness (QED) is 0.665. The standard InChI is InChI=1S/C14H23NO/c1-3-14(16)6-4-5-11-9-12-7-8-13(10-11)15(12)2/h3,11-13H,1,4-10H2,2H3. The van der Waals surface area contributed by atoms with Crippen molar-refractivity contribution < 1.29 is 4.79 Å². The number of nitrogens with zero attached hydrogens (tertiary/aromatic N) is 1. The normalized spacial score (nSPS) is 33.9. The third-order valence-electron chi connectivity index (χ3n) is 4.46. The highest BCUT2D eigenvalue weighted by molar-refractivity contribution is 5.88. The van der Waals surface area contributed by atoms with Crippen LogP contribution in [0.25, 0.3) is 0 Å². The maximum Gasteiger partial charge on any atom is 0.155 e. The van der Waals surface area contributed by atoms with E-state index in [1.54, 1.807) is 0 Å². The van der Waals surface area contributed by atoms with Gasteiger partial charge < -0.3 is 4.90 Å². The predicted octanol–water partition coefficient (Wildman–Crippen LogP) is 2.78. The molecule has 2 bridgehead atoms. The minimum absolute atomic E-state index is 0.205. The first-order chi connectivity index (χ1) is 7.70. The van der Waals surface area contributed by atoms with Gasteiger partial charge in [-0.1, -0.05) is 6.58 Å². The van der Waals surface area contributed by atoms with Crippen molar-refractivity contribution in [3.05, 3.63) is 12.7 Å². The lowest BCUT2D eigenvalue weighted by molar-refractivity contribution is -0.114. The van der Waals surface area contributed by atoms with Crippen molar-refractivity contribution in [3.63, 3.8) is 0 Å². The molecule has 2 fully saturated rings. The Morgan fingerprint density at radius 1 is 1.38 bits per heavy atom. The second-order valence-corrected chi connectivity index (χ2v) is 5.45. The van der Waals surface area contributed by atoms with E-state index in [2.05, 4.69) is 18.5 Å². The molecule has 0 amide bonds. The summed E-state index contributed by atoms with van der Waals surface area (Å²) in [5.74, 6) is 1.07. The van der Waals surface area contributed by atoms with E-state index in [1.807, 2.05) is 0 Å². The second-order valence-electron chi connectivity index (χ2n) is 5.45. The number of carbonyl (C=O) groups excluding carboxylic acids is 1. The van der Waals surface area contributed by atoms with Gasteiger partial charge in [-0.3, -0.25) is 4.79 Å². The first kappa shape index (κ1) is 11.8. The molecule has 2 aliphatic heterocycles. The van der Waals surface area contributed by atoms with Gasteiger partial charge >= 0.3 is 0 Å². The minimum atomic E-state index is 0.205. The number of allylic oxidation sites excluding steroid dienone is 1. The topological polar surface area (TPSA) is 20.3 Å². The fourth-order valence-corrected chi connectivity index (χ4v) is 3.43. The lowest BCUT2D eigenvalue weighted by atomic mass is 9.87. The van der Waals surface area contributed by atoms with Crippen molar-refractivity contribution in [2.45, 2.75) is 57.0 Å². The van der Waals surface area contributed by atoms with Crippen LogP contribution in [0.1, 0.15) is 44.9 Å². The van der Waals surface area contributed by atoms with Gasteiger partial charge in [0.15, 0.2) is 5.78 Å². The molecule has 2 unspecified atom stereocenters. The Labute approximate surface area is 98.7 Å². The molecule has 2 rings (SSSR count). The fraction of sp³-hybridized carbons (Fsp3) is 0.786. The average Bonchev–Trinajstić information content (AvgIpc) is 2.53. The van der Waals surface area contributed by atoms with Gasteiger partial charge in [0.05, 0.1) is 0 Å². The Hall–Kier alpha value is -0.630. The van der Waals surface area contributed by atoms with Gasteiger partial charge in [0, 0.05) is 18.5 Å². The maximum atomic E-state index is 11.1. The van der Waals surface area contributed by atoms with Crippen LogP contribution in [0, 0.1) is 5.92 Å². The molecule has 2 heterocycles. The van der Waals surface area contributed by atoms with E-state index < -0.39 is 0 Å². The molecule has 0 aromatic rings. The summed E-state index contributed by atoms with van der Waals surface area (Å²) >= 11 is 0. The Morgan fingerprint density at radius 3 is 2.56 bits per heavy atom. The number of carbonyl (C=O) groups is 1. The van der Waals surface area contributed by atoms with Crippen molar-refractivity contribution in [2.75, 3.05) is 7.05 Å². The van der Waals surface area contributed by atoms with Gasteiger partial charge in [-0.05, 0) is 57.6 Å². The summed E-state index contributed by atoms with van der Waals surface area (Å²) < 4.78 is 0. The van der Waals surface area contributed by atoms with E-state index in [-0.39, 0.29) is 5.78 Å². The Balaban J connectivity index is 1.72. The van der Waals surface area contributed by atoms with E-state index in [0.29, 0.717) is 6.42 Å². The molecule has 0 N–H and O–H groups in total. The van der Waals surface area contributed by atoms with Crippen molar-refractivity contribution >= 4 is 5.78 Å². The van der Waals surface area contributed by atoms with Crippen molar-refractivity contribution in [2.24, 2.45) is 5.92 Å². The average molecular weight is 221 g/mol. The number of hydrogen-bond donors (Lipinski definition) is 0. The van der Waals surface area contributed by atoms with Crippen LogP contribution in [0.4, 0.5) is 0 Å². The summed E-state index contributed by atoms with van der Waals surface area (Å²) in [5.41, 5.74) is 0. The minimum Gasteiger partial charge on any atom is -0.300 e. The van der Waals surface area contributed by atoms with Gasteiger partial charge in [0.25, 0.3) is 0 Å². The summed E-state index contributed by atoms with van der Waals surface area (Å²) in [4.78, 5) is 13.7. The summed E-state index contributed by atoms with van der Waals surface area (Å²) in [7, 11) is 2.28. The third kappa shape index (κ3) is 2.54. The molecule has 90 valence electrons. The van der Waals surface area contributed by atoms with E-state index in [0.717, 1.165) is 24.4 Å². The van der Waals surface area contributed by atoms with Crippen molar-refractivity contribution in [1.29, 1.82) is 0 Å². The highest BCUT2D eigenvalue weighted by Gasteiger charge is 2.37. The molecule has 0 aliphatic carbocycles. The van der Waals surface area contributed by atoms with Crippen LogP contribution in [0.15, 0.2) is 12.7 Å². The highest BCUT2D eigenvalue weighted by Crippen LogP contribution is 2.39. The smallest absolute Gasteiger partial charge is 0.155 e. The Morgan fingerprint density at radius 2 is 2.00 bits per heavy atom. The summed E-state index contributed by atoms with van der Waals surface area (Å²) in [6, 6.07) is 1.66. The number of ketones is 1. The lowest BCUT2D eigenvalue weighted by Gasteiger charge is -2.36. The zero-order valence-corrected chi connectivity index (χ0v) is 10.3. The van der Waals surface area contributed by atoms with Gasteiger partial charge in [-0.25, -0.2) is 0 Å². The molecule has 16 heavy (non-hydrogen) atoms. The molecule has 0 spiro atoms. The Kier molecular flexibility index (Phi) is 3.80. The van der Waals surface area contributed by atoms with E-state index in [1.165, 1.54) is 38.2 Å². The first-order valence-electron chi connectivity index (χ1n) is 6.58. The molecule has 2 nitrogen and oxygen atoms in total. The van der Waals surface area contributed by atoms with Gasteiger partial charge in [0.1, 0.15) is 0 Å². The molecule has 2 atom stereocenters. The fourth-order valence-electron chi connectivity index (χ4n) is 3.43. The molecule has 0 aromatic carbocycles. The van der Waals surface area contributed by atoms with Gasteiger partial charge in [-0.15, -0.1) is 0 Å². The monoisotopic (exact) mass is 221 g/mol. The highest BCUT2D eigenvalue weighted by atomic mass is 16.1.